The molecule has 0 radical (unpaired) electrons. The maximum absolute atomic E-state index is 9.41. The van der Waals surface area contributed by atoms with Crippen molar-refractivity contribution in [1.29, 1.82) is 10.5 Å². The van der Waals surface area contributed by atoms with Crippen LogP contribution < -0.4 is 20.9 Å². The molecule has 0 amide bonds. The molecular formula is C14H9BrN4O2S. The van der Waals surface area contributed by atoms with Gasteiger partial charge in [-0.25, -0.2) is 0 Å². The van der Waals surface area contributed by atoms with Crippen LogP contribution in [0.1, 0.15) is 11.5 Å². The fourth-order valence-electron chi connectivity index (χ4n) is 2.38. The van der Waals surface area contributed by atoms with Crippen molar-refractivity contribution < 1.29 is 9.47 Å². The summed E-state index contributed by atoms with van der Waals surface area (Å²) in [6, 6.07) is 7.68. The first-order valence-electron chi connectivity index (χ1n) is 6.13. The molecule has 8 heteroatoms. The quantitative estimate of drug-likeness (QED) is 0.771. The third-order valence-corrected chi connectivity index (χ3v) is 4.82. The van der Waals surface area contributed by atoms with E-state index in [1.54, 1.807) is 12.1 Å². The molecule has 2 aliphatic rings. The van der Waals surface area contributed by atoms with Crippen molar-refractivity contribution in [1.82, 2.24) is 0 Å². The van der Waals surface area contributed by atoms with Gasteiger partial charge in [0.25, 0.3) is 0 Å². The van der Waals surface area contributed by atoms with Gasteiger partial charge in [0.15, 0.2) is 11.5 Å². The summed E-state index contributed by atoms with van der Waals surface area (Å²) in [4.78, 5) is 0. The first-order chi connectivity index (χ1) is 10.6. The molecule has 2 aliphatic heterocycles. The minimum atomic E-state index is -0.609. The van der Waals surface area contributed by atoms with Crippen LogP contribution in [0.15, 0.2) is 37.8 Å². The molecule has 2 heterocycles. The van der Waals surface area contributed by atoms with E-state index in [1.807, 2.05) is 0 Å². The number of allylic oxidation sites excluding steroid dienone is 2. The third-order valence-electron chi connectivity index (χ3n) is 3.35. The highest BCUT2D eigenvalue weighted by Gasteiger charge is 2.33. The van der Waals surface area contributed by atoms with Crippen molar-refractivity contribution in [3.63, 3.8) is 0 Å². The van der Waals surface area contributed by atoms with Crippen molar-refractivity contribution in [3.05, 3.63) is 43.4 Å². The highest BCUT2D eigenvalue weighted by molar-refractivity contribution is 9.10. The van der Waals surface area contributed by atoms with Gasteiger partial charge in [-0.2, -0.15) is 10.5 Å². The molecule has 0 aromatic heterocycles. The van der Waals surface area contributed by atoms with Crippen molar-refractivity contribution in [2.75, 3.05) is 6.79 Å². The van der Waals surface area contributed by atoms with Crippen LogP contribution in [0.5, 0.6) is 11.5 Å². The second-order valence-corrected chi connectivity index (χ2v) is 6.49. The Kier molecular flexibility index (Phi) is 3.65. The van der Waals surface area contributed by atoms with E-state index in [0.717, 1.165) is 11.8 Å². The maximum atomic E-state index is 9.41. The fraction of sp³-hybridized carbons (Fsp3) is 0.143. The van der Waals surface area contributed by atoms with Gasteiger partial charge in [-0.15, -0.1) is 0 Å². The molecule has 3 rings (SSSR count). The van der Waals surface area contributed by atoms with E-state index in [1.165, 1.54) is 0 Å². The lowest BCUT2D eigenvalue weighted by molar-refractivity contribution is 0.173. The topological polar surface area (TPSA) is 118 Å². The summed E-state index contributed by atoms with van der Waals surface area (Å²) < 4.78 is 11.4. The number of fused-ring (bicyclic) bond motifs is 1. The highest BCUT2D eigenvalue weighted by Crippen LogP contribution is 2.47. The van der Waals surface area contributed by atoms with Crippen LogP contribution in [0.3, 0.4) is 0 Å². The Morgan fingerprint density at radius 3 is 2.36 bits per heavy atom. The number of hydrogen-bond donors (Lipinski definition) is 2. The van der Waals surface area contributed by atoms with E-state index >= 15 is 0 Å². The molecule has 22 heavy (non-hydrogen) atoms. The monoisotopic (exact) mass is 376 g/mol. The van der Waals surface area contributed by atoms with Crippen LogP contribution in [0.4, 0.5) is 0 Å². The van der Waals surface area contributed by atoms with Gasteiger partial charge in [0.2, 0.25) is 6.79 Å². The molecule has 0 aliphatic carbocycles. The van der Waals surface area contributed by atoms with Crippen LogP contribution in [0.25, 0.3) is 0 Å². The minimum Gasteiger partial charge on any atom is -0.454 e. The van der Waals surface area contributed by atoms with Crippen LogP contribution >= 0.6 is 27.7 Å². The molecule has 6 nitrogen and oxygen atoms in total. The van der Waals surface area contributed by atoms with E-state index in [4.69, 9.17) is 20.9 Å². The molecular weight excluding hydrogens is 368 g/mol. The zero-order chi connectivity index (χ0) is 15.9. The standard InChI is InChI=1S/C14H9BrN4O2S/c15-9-1-6(2-10-12(9)21-5-20-10)11-7(3-16)13(18)22-14(19)8(11)4-17/h1-2,11H,5,18-19H2. The molecule has 1 aromatic rings. The van der Waals surface area contributed by atoms with Crippen LogP contribution in [-0.4, -0.2) is 6.79 Å². The lowest BCUT2D eigenvalue weighted by atomic mass is 9.85. The van der Waals surface area contributed by atoms with Crippen molar-refractivity contribution in [2.45, 2.75) is 5.92 Å². The second-order valence-electron chi connectivity index (χ2n) is 4.55. The van der Waals surface area contributed by atoms with Gasteiger partial charge in [0.1, 0.15) is 0 Å². The molecule has 0 atom stereocenters. The Bertz CT molecular complexity index is 783. The fourth-order valence-corrected chi connectivity index (χ4v) is 3.74. The number of rotatable bonds is 1. The van der Waals surface area contributed by atoms with Crippen LogP contribution in [-0.2, 0) is 0 Å². The van der Waals surface area contributed by atoms with E-state index in [9.17, 15) is 10.5 Å². The number of benzene rings is 1. The summed E-state index contributed by atoms with van der Waals surface area (Å²) in [6.07, 6.45) is 0. The summed E-state index contributed by atoms with van der Waals surface area (Å²) in [5.41, 5.74) is 13.1. The summed E-state index contributed by atoms with van der Waals surface area (Å²) in [5, 5.41) is 19.4. The van der Waals surface area contributed by atoms with Gasteiger partial charge in [-0.05, 0) is 33.6 Å². The first kappa shape index (κ1) is 14.6. The summed E-state index contributed by atoms with van der Waals surface area (Å²) >= 11 is 4.44. The molecule has 0 spiro atoms. The Morgan fingerprint density at radius 1 is 1.14 bits per heavy atom. The number of ether oxygens (including phenoxy) is 2. The van der Waals surface area contributed by atoms with Crippen LogP contribution in [0.2, 0.25) is 0 Å². The van der Waals surface area contributed by atoms with Crippen molar-refractivity contribution in [3.8, 4) is 23.6 Å². The van der Waals surface area contributed by atoms with Gasteiger partial charge >= 0.3 is 0 Å². The van der Waals surface area contributed by atoms with Crippen molar-refractivity contribution in [2.24, 2.45) is 11.5 Å². The largest absolute Gasteiger partial charge is 0.454 e. The highest BCUT2D eigenvalue weighted by atomic mass is 79.9. The number of nitriles is 2. The number of thioether (sulfide) groups is 1. The molecule has 0 saturated carbocycles. The summed E-state index contributed by atoms with van der Waals surface area (Å²) in [7, 11) is 0. The third kappa shape index (κ3) is 2.17. The molecule has 0 fully saturated rings. The molecule has 0 bridgehead atoms. The van der Waals surface area contributed by atoms with Crippen LogP contribution in [0, 0.1) is 22.7 Å². The van der Waals surface area contributed by atoms with Crippen molar-refractivity contribution >= 4 is 27.7 Å². The maximum Gasteiger partial charge on any atom is 0.231 e. The average molecular weight is 377 g/mol. The zero-order valence-electron chi connectivity index (χ0n) is 11.1. The number of halogens is 1. The Labute approximate surface area is 139 Å². The molecule has 0 unspecified atom stereocenters. The van der Waals surface area contributed by atoms with Gasteiger partial charge < -0.3 is 20.9 Å². The predicted molar refractivity (Wildman–Crippen MR) is 84.2 cm³/mol. The minimum absolute atomic E-state index is 0.129. The molecule has 0 saturated heterocycles. The Morgan fingerprint density at radius 2 is 1.77 bits per heavy atom. The van der Waals surface area contributed by atoms with E-state index in [0.29, 0.717) is 42.7 Å². The van der Waals surface area contributed by atoms with E-state index in [-0.39, 0.29) is 6.79 Å². The first-order valence-corrected chi connectivity index (χ1v) is 7.74. The molecule has 4 N–H and O–H groups in total. The smallest absolute Gasteiger partial charge is 0.231 e. The van der Waals surface area contributed by atoms with Gasteiger partial charge in [0.05, 0.1) is 43.7 Å². The zero-order valence-corrected chi connectivity index (χ0v) is 13.5. The van der Waals surface area contributed by atoms with Gasteiger partial charge in [0, 0.05) is 0 Å². The second kappa shape index (κ2) is 5.48. The predicted octanol–water partition coefficient (Wildman–Crippen LogP) is 2.40. The molecule has 110 valence electrons. The normalized spacial score (nSPS) is 17.4. The number of hydrogen-bond acceptors (Lipinski definition) is 7. The van der Waals surface area contributed by atoms with Gasteiger partial charge in [-0.1, -0.05) is 11.8 Å². The summed E-state index contributed by atoms with van der Waals surface area (Å²) in [5.74, 6) is 0.538. The lowest BCUT2D eigenvalue weighted by Crippen LogP contribution is -2.18. The SMILES string of the molecule is N#CC1=C(N)SC(N)=C(C#N)C1c1cc(Br)c2c(c1)OCO2. The summed E-state index contributed by atoms with van der Waals surface area (Å²) in [6.45, 7) is 0.129. The number of nitrogens with zero attached hydrogens (tertiary/aromatic N) is 2. The van der Waals surface area contributed by atoms with E-state index in [2.05, 4.69) is 28.1 Å². The Balaban J connectivity index is 2.20. The van der Waals surface area contributed by atoms with Gasteiger partial charge in [-0.3, -0.25) is 0 Å². The van der Waals surface area contributed by atoms with E-state index < -0.39 is 5.92 Å². The average Bonchev–Trinajstić information content (AvgIpc) is 2.95. The Hall–Kier alpha value is -2.29. The lowest BCUT2D eigenvalue weighted by Gasteiger charge is -2.24. The molecule has 1 aromatic carbocycles. The number of nitrogens with two attached hydrogens (primary N) is 2.